The Morgan fingerprint density at radius 2 is 1.34 bits per heavy atom. The smallest absolute Gasteiger partial charge is 0.283 e. The van der Waals surface area contributed by atoms with Gasteiger partial charge < -0.3 is 10.2 Å². The van der Waals surface area contributed by atoms with Gasteiger partial charge in [-0.1, -0.05) is 64.6 Å². The first-order chi connectivity index (χ1) is 13.5. The summed E-state index contributed by atoms with van der Waals surface area (Å²) in [4.78, 5) is 0. The summed E-state index contributed by atoms with van der Waals surface area (Å²) >= 11 is 24.6. The summed E-state index contributed by atoms with van der Waals surface area (Å²) in [5.41, 5.74) is -0.719. The van der Waals surface area contributed by atoms with Gasteiger partial charge in [-0.15, -0.1) is 0 Å². The fourth-order valence-corrected chi connectivity index (χ4v) is 5.71. The molecule has 3 aromatic rings. The van der Waals surface area contributed by atoms with Gasteiger partial charge in [0.1, 0.15) is 11.5 Å². The van der Waals surface area contributed by atoms with Crippen molar-refractivity contribution in [1.82, 2.24) is 0 Å². The minimum absolute atomic E-state index is 0.0699. The summed E-state index contributed by atoms with van der Waals surface area (Å²) < 4.78 is 33.9. The van der Waals surface area contributed by atoms with Crippen LogP contribution in [-0.2, 0) is 14.9 Å². The van der Waals surface area contributed by atoms with Gasteiger partial charge >= 0.3 is 0 Å². The van der Waals surface area contributed by atoms with Crippen molar-refractivity contribution in [2.45, 2.75) is 4.75 Å². The minimum Gasteiger partial charge on any atom is -0.508 e. The molecule has 1 atom stereocenters. The highest BCUT2D eigenvalue weighted by Gasteiger charge is 2.52. The van der Waals surface area contributed by atoms with E-state index in [2.05, 4.69) is 0 Å². The van der Waals surface area contributed by atoms with Crippen molar-refractivity contribution in [3.05, 3.63) is 91.4 Å². The number of hydrogen-bond donors (Lipinski definition) is 3. The number of aromatic hydroxyl groups is 2. The van der Waals surface area contributed by atoms with Crippen molar-refractivity contribution in [2.75, 3.05) is 0 Å². The van der Waals surface area contributed by atoms with Crippen LogP contribution in [0.5, 0.6) is 11.5 Å². The molecule has 0 aromatic heterocycles. The van der Waals surface area contributed by atoms with Gasteiger partial charge in [-0.05, 0) is 35.9 Å². The van der Waals surface area contributed by atoms with Crippen molar-refractivity contribution in [1.29, 1.82) is 0 Å². The molecule has 0 spiro atoms. The van der Waals surface area contributed by atoms with Crippen LogP contribution in [-0.4, -0.2) is 23.2 Å². The Morgan fingerprint density at radius 3 is 1.90 bits per heavy atom. The Balaban J connectivity index is 2.66. The van der Waals surface area contributed by atoms with Gasteiger partial charge in [-0.25, -0.2) is 0 Å². The van der Waals surface area contributed by atoms with Crippen LogP contribution in [0.2, 0.25) is 20.1 Å². The molecular formula is C19H12Cl4O5S. The topological polar surface area (TPSA) is 94.8 Å². The van der Waals surface area contributed by atoms with Gasteiger partial charge in [0.25, 0.3) is 10.1 Å². The normalized spacial score (nSPS) is 13.8. The molecule has 3 aromatic carbocycles. The molecule has 152 valence electrons. The molecule has 0 aliphatic rings. The standard InChI is InChI=1S/C19H12Cl4O5S/c20-11-4-1-3-10(7-11)19(29(26,27)28,18-13(21)5-2-6-14(18)22)12-8-17(25)15(23)9-16(12)24/h1-9,24-25H,(H,26,27,28). The van der Waals surface area contributed by atoms with E-state index < -0.39 is 31.9 Å². The van der Waals surface area contributed by atoms with Crippen molar-refractivity contribution >= 4 is 56.5 Å². The van der Waals surface area contributed by atoms with E-state index in [0.29, 0.717) is 0 Å². The first-order valence-electron chi connectivity index (χ1n) is 7.89. The fraction of sp³-hybridized carbons (Fsp3) is 0.0526. The lowest BCUT2D eigenvalue weighted by atomic mass is 9.83. The zero-order valence-corrected chi connectivity index (χ0v) is 18.1. The third kappa shape index (κ3) is 3.65. The molecule has 0 saturated carbocycles. The molecule has 0 bridgehead atoms. The first kappa shape index (κ1) is 22.0. The molecule has 0 fully saturated rings. The van der Waals surface area contributed by atoms with E-state index in [0.717, 1.165) is 12.1 Å². The summed E-state index contributed by atoms with van der Waals surface area (Å²) in [7, 11) is -5.14. The highest BCUT2D eigenvalue weighted by Crippen LogP contribution is 2.52. The maximum atomic E-state index is 13.0. The largest absolute Gasteiger partial charge is 0.508 e. The number of phenolic OH excluding ortho intramolecular Hbond substituents is 2. The van der Waals surface area contributed by atoms with Gasteiger partial charge in [-0.2, -0.15) is 8.42 Å². The number of benzene rings is 3. The lowest BCUT2D eigenvalue weighted by molar-refractivity contribution is 0.434. The van der Waals surface area contributed by atoms with Crippen LogP contribution in [0.3, 0.4) is 0 Å². The third-order valence-corrected chi connectivity index (χ3v) is 6.98. The van der Waals surface area contributed by atoms with E-state index in [9.17, 15) is 23.2 Å². The molecule has 1 unspecified atom stereocenters. The molecular weight excluding hydrogens is 482 g/mol. The van der Waals surface area contributed by atoms with Gasteiger partial charge in [-0.3, -0.25) is 4.55 Å². The average Bonchev–Trinajstić information content (AvgIpc) is 2.61. The maximum Gasteiger partial charge on any atom is 0.283 e. The summed E-state index contributed by atoms with van der Waals surface area (Å²) in [6.45, 7) is 0. The zero-order chi connectivity index (χ0) is 21.6. The SMILES string of the molecule is O=S(=O)(O)C(c1cccc(Cl)c1)(c1cc(O)c(Cl)cc1O)c1c(Cl)cccc1Cl. The highest BCUT2D eigenvalue weighted by atomic mass is 35.5. The number of halogens is 4. The van der Waals surface area contributed by atoms with Crippen molar-refractivity contribution in [3.8, 4) is 11.5 Å². The molecule has 0 aliphatic heterocycles. The monoisotopic (exact) mass is 492 g/mol. The molecule has 29 heavy (non-hydrogen) atoms. The second kappa shape index (κ2) is 7.87. The average molecular weight is 494 g/mol. The minimum atomic E-state index is -5.14. The maximum absolute atomic E-state index is 13.0. The molecule has 10 heteroatoms. The first-order valence-corrected chi connectivity index (χ1v) is 10.8. The zero-order valence-electron chi connectivity index (χ0n) is 14.3. The second-order valence-corrected chi connectivity index (χ2v) is 9.30. The lowest BCUT2D eigenvalue weighted by Gasteiger charge is -2.34. The predicted octanol–water partition coefficient (Wildman–Crippen LogP) is 5.89. The molecule has 0 heterocycles. The van der Waals surface area contributed by atoms with E-state index in [1.807, 2.05) is 0 Å². The number of rotatable bonds is 4. The van der Waals surface area contributed by atoms with Gasteiger partial charge in [0.2, 0.25) is 0 Å². The Bertz CT molecular complexity index is 1190. The Morgan fingerprint density at radius 1 is 0.759 bits per heavy atom. The molecule has 3 N–H and O–H groups in total. The second-order valence-electron chi connectivity index (χ2n) is 6.08. The highest BCUT2D eigenvalue weighted by molar-refractivity contribution is 7.87. The van der Waals surface area contributed by atoms with Crippen molar-refractivity contribution < 1.29 is 23.2 Å². The van der Waals surface area contributed by atoms with Gasteiger partial charge in [0.15, 0.2) is 4.75 Å². The summed E-state index contributed by atoms with van der Waals surface area (Å²) in [6, 6.07) is 11.7. The molecule has 5 nitrogen and oxygen atoms in total. The van der Waals surface area contributed by atoms with Gasteiger partial charge in [0, 0.05) is 32.3 Å². The van der Waals surface area contributed by atoms with Crippen LogP contribution in [0.25, 0.3) is 0 Å². The van der Waals surface area contributed by atoms with E-state index in [-0.39, 0.29) is 31.2 Å². The van der Waals surface area contributed by atoms with E-state index in [4.69, 9.17) is 46.4 Å². The summed E-state index contributed by atoms with van der Waals surface area (Å²) in [5.74, 6) is -1.15. The van der Waals surface area contributed by atoms with E-state index in [1.54, 1.807) is 0 Å². The molecule has 0 saturated heterocycles. The van der Waals surface area contributed by atoms with E-state index >= 15 is 0 Å². The van der Waals surface area contributed by atoms with Gasteiger partial charge in [0.05, 0.1) is 5.02 Å². The lowest BCUT2D eigenvalue weighted by Crippen LogP contribution is -2.39. The predicted molar refractivity (Wildman–Crippen MR) is 114 cm³/mol. The molecule has 3 rings (SSSR count). The van der Waals surface area contributed by atoms with Crippen LogP contribution in [0.4, 0.5) is 0 Å². The Hall–Kier alpha value is -1.67. The number of phenols is 2. The summed E-state index contributed by atoms with van der Waals surface area (Å²) in [6.07, 6.45) is 0. The van der Waals surface area contributed by atoms with Crippen LogP contribution in [0, 0.1) is 0 Å². The number of hydrogen-bond acceptors (Lipinski definition) is 4. The van der Waals surface area contributed by atoms with Crippen LogP contribution in [0.15, 0.2) is 54.6 Å². The van der Waals surface area contributed by atoms with Crippen LogP contribution < -0.4 is 0 Å². The quantitative estimate of drug-likeness (QED) is 0.239. The Labute approximate surface area is 186 Å². The third-order valence-electron chi connectivity index (χ3n) is 4.38. The Kier molecular flexibility index (Phi) is 5.98. The van der Waals surface area contributed by atoms with E-state index in [1.165, 1.54) is 42.5 Å². The molecule has 0 amide bonds. The van der Waals surface area contributed by atoms with Crippen molar-refractivity contribution in [2.24, 2.45) is 0 Å². The van der Waals surface area contributed by atoms with Crippen LogP contribution in [0.1, 0.15) is 16.7 Å². The molecule has 0 aliphatic carbocycles. The van der Waals surface area contributed by atoms with Crippen molar-refractivity contribution in [3.63, 3.8) is 0 Å². The van der Waals surface area contributed by atoms with Crippen LogP contribution >= 0.6 is 46.4 Å². The summed E-state index contributed by atoms with van der Waals surface area (Å²) in [5, 5.41) is 20.4. The molecule has 0 radical (unpaired) electrons. The fourth-order valence-electron chi connectivity index (χ4n) is 3.23.